The third-order valence-corrected chi connectivity index (χ3v) is 2.83. The molecule has 18 heavy (non-hydrogen) atoms. The first-order valence-corrected chi connectivity index (χ1v) is 5.87. The quantitative estimate of drug-likeness (QED) is 0.807. The van der Waals surface area contributed by atoms with Crippen LogP contribution in [-0.2, 0) is 11.2 Å². The number of nitrogens with zero attached hydrogens (tertiary/aromatic N) is 4. The van der Waals surface area contributed by atoms with E-state index in [0.717, 1.165) is 12.8 Å². The molecule has 0 amide bonds. The maximum Gasteiger partial charge on any atom is 0.234 e. The van der Waals surface area contributed by atoms with Gasteiger partial charge in [-0.2, -0.15) is 4.98 Å². The zero-order valence-corrected chi connectivity index (χ0v) is 9.96. The van der Waals surface area contributed by atoms with E-state index in [-0.39, 0.29) is 18.1 Å². The number of ketones is 1. The van der Waals surface area contributed by atoms with E-state index in [4.69, 9.17) is 4.52 Å². The lowest BCUT2D eigenvalue weighted by atomic mass is 10.2. The Morgan fingerprint density at radius 1 is 1.44 bits per heavy atom. The molecule has 1 saturated carbocycles. The molecule has 0 atom stereocenters. The summed E-state index contributed by atoms with van der Waals surface area (Å²) in [5.41, 5.74) is 0.608. The molecular weight excluding hydrogens is 232 g/mol. The van der Waals surface area contributed by atoms with Crippen molar-refractivity contribution in [2.45, 2.75) is 26.2 Å². The minimum atomic E-state index is 0.184. The number of hydrogen-bond acceptors (Lipinski definition) is 6. The molecule has 3 rings (SSSR count). The molecule has 0 saturated heterocycles. The van der Waals surface area contributed by atoms with Crippen molar-refractivity contribution in [1.82, 2.24) is 20.1 Å². The Balaban J connectivity index is 1.78. The molecule has 0 radical (unpaired) electrons. The van der Waals surface area contributed by atoms with Crippen LogP contribution in [0, 0.1) is 12.8 Å². The monoisotopic (exact) mass is 244 g/mol. The van der Waals surface area contributed by atoms with Crippen LogP contribution in [0.25, 0.3) is 11.5 Å². The van der Waals surface area contributed by atoms with Gasteiger partial charge in [-0.1, -0.05) is 5.16 Å². The van der Waals surface area contributed by atoms with E-state index < -0.39 is 0 Å². The van der Waals surface area contributed by atoms with Gasteiger partial charge in [0.15, 0.2) is 0 Å². The molecule has 6 nitrogen and oxygen atoms in total. The van der Waals surface area contributed by atoms with Crippen molar-refractivity contribution in [3.63, 3.8) is 0 Å². The molecule has 92 valence electrons. The van der Waals surface area contributed by atoms with Gasteiger partial charge in [0, 0.05) is 12.1 Å². The van der Waals surface area contributed by atoms with E-state index in [0.29, 0.717) is 23.2 Å². The van der Waals surface area contributed by atoms with Crippen molar-refractivity contribution in [2.24, 2.45) is 5.92 Å². The van der Waals surface area contributed by atoms with E-state index >= 15 is 0 Å². The van der Waals surface area contributed by atoms with Crippen LogP contribution >= 0.6 is 0 Å². The molecule has 0 aromatic carbocycles. The Hall–Kier alpha value is -2.11. The van der Waals surface area contributed by atoms with E-state index in [9.17, 15) is 4.79 Å². The Morgan fingerprint density at radius 3 is 3.00 bits per heavy atom. The summed E-state index contributed by atoms with van der Waals surface area (Å²) in [5, 5.41) is 3.83. The molecule has 2 heterocycles. The van der Waals surface area contributed by atoms with Gasteiger partial charge < -0.3 is 4.52 Å². The van der Waals surface area contributed by atoms with Crippen LogP contribution in [0.1, 0.15) is 24.6 Å². The Bertz CT molecular complexity index is 589. The Kier molecular flexibility index (Phi) is 2.62. The second kappa shape index (κ2) is 4.29. The lowest BCUT2D eigenvalue weighted by molar-refractivity contribution is -0.119. The fourth-order valence-corrected chi connectivity index (χ4v) is 1.71. The van der Waals surface area contributed by atoms with Gasteiger partial charge in [-0.15, -0.1) is 0 Å². The van der Waals surface area contributed by atoms with Crippen LogP contribution in [0.5, 0.6) is 0 Å². The number of aromatic nitrogens is 4. The topological polar surface area (TPSA) is 81.8 Å². The second-order valence-corrected chi connectivity index (χ2v) is 4.42. The molecule has 0 N–H and O–H groups in total. The smallest absolute Gasteiger partial charge is 0.234 e. The highest BCUT2D eigenvalue weighted by Gasteiger charge is 2.30. The fraction of sp³-hybridized carbons (Fsp3) is 0.417. The van der Waals surface area contributed by atoms with Gasteiger partial charge in [-0.05, 0) is 25.8 Å². The zero-order chi connectivity index (χ0) is 12.5. The van der Waals surface area contributed by atoms with E-state index in [1.807, 2.05) is 0 Å². The third kappa shape index (κ3) is 2.27. The van der Waals surface area contributed by atoms with E-state index in [2.05, 4.69) is 20.1 Å². The van der Waals surface area contributed by atoms with E-state index in [1.165, 1.54) is 0 Å². The fourth-order valence-electron chi connectivity index (χ4n) is 1.71. The molecule has 0 aliphatic heterocycles. The number of carbonyl (C=O) groups is 1. The highest BCUT2D eigenvalue weighted by molar-refractivity contribution is 5.84. The standard InChI is InChI=1S/C12H12N4O2/c1-7-13-5-4-9(14-7)12-15-11(18-16-12)6-10(17)8-2-3-8/h4-5,8H,2-3,6H2,1H3. The van der Waals surface area contributed by atoms with Crippen molar-refractivity contribution in [3.05, 3.63) is 24.0 Å². The summed E-state index contributed by atoms with van der Waals surface area (Å²) >= 11 is 0. The van der Waals surface area contributed by atoms with Gasteiger partial charge in [0.25, 0.3) is 0 Å². The van der Waals surface area contributed by atoms with Crippen molar-refractivity contribution >= 4 is 5.78 Å². The number of carbonyl (C=O) groups excluding carboxylic acids is 1. The summed E-state index contributed by atoms with van der Waals surface area (Å²) in [6.07, 6.45) is 3.85. The number of rotatable bonds is 4. The SMILES string of the molecule is Cc1nccc(-c2noc(CC(=O)C3CC3)n2)n1. The normalized spacial score (nSPS) is 14.7. The molecule has 0 spiro atoms. The second-order valence-electron chi connectivity index (χ2n) is 4.42. The summed E-state index contributed by atoms with van der Waals surface area (Å²) in [5.74, 6) is 1.80. The molecule has 1 aliphatic carbocycles. The van der Waals surface area contributed by atoms with Gasteiger partial charge in [0.1, 0.15) is 17.3 Å². The summed E-state index contributed by atoms with van der Waals surface area (Å²) < 4.78 is 5.07. The van der Waals surface area contributed by atoms with Gasteiger partial charge in [-0.25, -0.2) is 9.97 Å². The van der Waals surface area contributed by atoms with Crippen LogP contribution in [0.15, 0.2) is 16.8 Å². The highest BCUT2D eigenvalue weighted by atomic mass is 16.5. The minimum Gasteiger partial charge on any atom is -0.338 e. The van der Waals surface area contributed by atoms with Crippen LogP contribution in [0.3, 0.4) is 0 Å². The van der Waals surface area contributed by atoms with Crippen LogP contribution in [0.2, 0.25) is 0 Å². The maximum absolute atomic E-state index is 11.6. The van der Waals surface area contributed by atoms with Crippen LogP contribution < -0.4 is 0 Å². The molecule has 6 heteroatoms. The average Bonchev–Trinajstić information content (AvgIpc) is 3.10. The van der Waals surface area contributed by atoms with Gasteiger partial charge in [-0.3, -0.25) is 4.79 Å². The number of aryl methyl sites for hydroxylation is 1. The average molecular weight is 244 g/mol. The maximum atomic E-state index is 11.6. The lowest BCUT2D eigenvalue weighted by Gasteiger charge is -1.93. The summed E-state index contributed by atoms with van der Waals surface area (Å²) in [4.78, 5) is 24.0. The molecule has 2 aromatic heterocycles. The molecular formula is C12H12N4O2. The van der Waals surface area contributed by atoms with Crippen LogP contribution in [-0.4, -0.2) is 25.9 Å². The van der Waals surface area contributed by atoms with Gasteiger partial charge in [0.05, 0.1) is 6.42 Å². The predicted octanol–water partition coefficient (Wildman–Crippen LogP) is 1.36. The van der Waals surface area contributed by atoms with Crippen molar-refractivity contribution in [3.8, 4) is 11.5 Å². The Labute approximate surface area is 103 Å². The van der Waals surface area contributed by atoms with Crippen molar-refractivity contribution in [1.29, 1.82) is 0 Å². The number of Topliss-reactive ketones (excluding diaryl/α,β-unsaturated/α-hetero) is 1. The van der Waals surface area contributed by atoms with Gasteiger partial charge >= 0.3 is 0 Å². The Morgan fingerprint density at radius 2 is 2.28 bits per heavy atom. The first-order valence-electron chi connectivity index (χ1n) is 5.87. The largest absolute Gasteiger partial charge is 0.338 e. The third-order valence-electron chi connectivity index (χ3n) is 2.83. The molecule has 0 unspecified atom stereocenters. The first kappa shape index (κ1) is 11.0. The van der Waals surface area contributed by atoms with Gasteiger partial charge in [0.2, 0.25) is 11.7 Å². The zero-order valence-electron chi connectivity index (χ0n) is 9.96. The first-order chi connectivity index (χ1) is 8.72. The summed E-state index contributed by atoms with van der Waals surface area (Å²) in [7, 11) is 0. The minimum absolute atomic E-state index is 0.184. The van der Waals surface area contributed by atoms with Crippen LogP contribution in [0.4, 0.5) is 0 Å². The van der Waals surface area contributed by atoms with Crippen molar-refractivity contribution in [2.75, 3.05) is 0 Å². The summed E-state index contributed by atoms with van der Waals surface area (Å²) in [6.45, 7) is 1.79. The van der Waals surface area contributed by atoms with Crippen molar-refractivity contribution < 1.29 is 9.32 Å². The number of hydrogen-bond donors (Lipinski definition) is 0. The molecule has 0 bridgehead atoms. The highest BCUT2D eigenvalue weighted by Crippen LogP contribution is 2.30. The predicted molar refractivity (Wildman–Crippen MR) is 61.5 cm³/mol. The summed E-state index contributed by atoms with van der Waals surface area (Å²) in [6, 6.07) is 1.71. The molecule has 1 aliphatic rings. The molecule has 1 fully saturated rings. The lowest BCUT2D eigenvalue weighted by Crippen LogP contribution is -2.04. The molecule has 2 aromatic rings. The van der Waals surface area contributed by atoms with E-state index in [1.54, 1.807) is 19.2 Å².